The Hall–Kier alpha value is -2.93. The number of hydrogen-bond donors (Lipinski definition) is 1. The van der Waals surface area contributed by atoms with Gasteiger partial charge in [-0.05, 0) is 57.5 Å². The first-order chi connectivity index (χ1) is 14.0. The summed E-state index contributed by atoms with van der Waals surface area (Å²) in [5.74, 6) is -0.134. The van der Waals surface area contributed by atoms with Crippen molar-refractivity contribution in [3.05, 3.63) is 69.8 Å². The maximum Gasteiger partial charge on any atom is 0.311 e. The maximum absolute atomic E-state index is 12.2. The molecule has 0 aromatic heterocycles. The standard InChI is InChI=1S/C22H29N3O4/c1-24(2)15-14-23-22(26)19-12-13-21(20(17-19)25(27)28)29-16-8-4-7-11-18-9-5-3-6-10-18/h3,5-6,9-10,12-13,17H,4,7-8,11,14-16H2,1-2H3,(H,23,26). The number of nitro benzene ring substituents is 1. The van der Waals surface area contributed by atoms with Gasteiger partial charge < -0.3 is 15.0 Å². The van der Waals surface area contributed by atoms with Crippen LogP contribution in [0.15, 0.2) is 48.5 Å². The number of nitrogens with zero attached hydrogens (tertiary/aromatic N) is 2. The lowest BCUT2D eigenvalue weighted by molar-refractivity contribution is -0.385. The van der Waals surface area contributed by atoms with E-state index < -0.39 is 4.92 Å². The van der Waals surface area contributed by atoms with Gasteiger partial charge in [0.25, 0.3) is 5.91 Å². The summed E-state index contributed by atoms with van der Waals surface area (Å²) in [5, 5.41) is 14.1. The number of unbranched alkanes of at least 4 members (excludes halogenated alkanes) is 2. The van der Waals surface area contributed by atoms with Crippen molar-refractivity contribution in [3.63, 3.8) is 0 Å². The third kappa shape index (κ3) is 7.91. The van der Waals surface area contributed by atoms with E-state index in [1.165, 1.54) is 17.7 Å². The van der Waals surface area contributed by atoms with Gasteiger partial charge >= 0.3 is 5.69 Å². The molecule has 0 saturated heterocycles. The van der Waals surface area contributed by atoms with Crippen molar-refractivity contribution < 1.29 is 14.5 Å². The van der Waals surface area contributed by atoms with Gasteiger partial charge in [0.1, 0.15) is 0 Å². The normalized spacial score (nSPS) is 10.7. The number of benzene rings is 2. The van der Waals surface area contributed by atoms with Crippen LogP contribution in [0.25, 0.3) is 0 Å². The lowest BCUT2D eigenvalue weighted by Gasteiger charge is -2.11. The summed E-state index contributed by atoms with van der Waals surface area (Å²) >= 11 is 0. The molecule has 0 radical (unpaired) electrons. The lowest BCUT2D eigenvalue weighted by Crippen LogP contribution is -2.31. The van der Waals surface area contributed by atoms with Crippen molar-refractivity contribution in [1.29, 1.82) is 0 Å². The average Bonchev–Trinajstić information content (AvgIpc) is 2.71. The minimum Gasteiger partial charge on any atom is -0.487 e. The van der Waals surface area contributed by atoms with Gasteiger partial charge in [-0.25, -0.2) is 0 Å². The van der Waals surface area contributed by atoms with Crippen LogP contribution in [0.3, 0.4) is 0 Å². The zero-order valence-electron chi connectivity index (χ0n) is 17.1. The molecule has 7 heteroatoms. The summed E-state index contributed by atoms with van der Waals surface area (Å²) in [6, 6.07) is 14.6. The monoisotopic (exact) mass is 399 g/mol. The molecule has 0 heterocycles. The zero-order chi connectivity index (χ0) is 21.1. The highest BCUT2D eigenvalue weighted by Crippen LogP contribution is 2.28. The molecule has 0 bridgehead atoms. The first-order valence-electron chi connectivity index (χ1n) is 9.85. The van der Waals surface area contributed by atoms with E-state index in [0.29, 0.717) is 19.7 Å². The Bertz CT molecular complexity index is 794. The van der Waals surface area contributed by atoms with Gasteiger partial charge in [0.05, 0.1) is 11.5 Å². The second-order valence-corrected chi connectivity index (χ2v) is 7.14. The fourth-order valence-electron chi connectivity index (χ4n) is 2.85. The highest BCUT2D eigenvalue weighted by Gasteiger charge is 2.18. The van der Waals surface area contributed by atoms with Gasteiger partial charge in [-0.1, -0.05) is 30.3 Å². The highest BCUT2D eigenvalue weighted by atomic mass is 16.6. The molecule has 0 atom stereocenters. The highest BCUT2D eigenvalue weighted by molar-refractivity contribution is 5.95. The van der Waals surface area contributed by atoms with E-state index in [0.717, 1.165) is 25.7 Å². The SMILES string of the molecule is CN(C)CCNC(=O)c1ccc(OCCCCCc2ccccc2)c([N+](=O)[O-])c1. The molecular formula is C22H29N3O4. The predicted molar refractivity (Wildman–Crippen MR) is 113 cm³/mol. The van der Waals surface area contributed by atoms with E-state index in [-0.39, 0.29) is 22.9 Å². The second kappa shape index (κ2) is 11.8. The van der Waals surface area contributed by atoms with Gasteiger partial charge in [0.2, 0.25) is 0 Å². The molecule has 0 aliphatic rings. The minimum absolute atomic E-state index is 0.186. The number of ether oxygens (including phenoxy) is 1. The quantitative estimate of drug-likeness (QED) is 0.334. The molecular weight excluding hydrogens is 370 g/mol. The van der Waals surface area contributed by atoms with Crippen LogP contribution in [0.5, 0.6) is 5.75 Å². The van der Waals surface area contributed by atoms with Gasteiger partial charge in [0, 0.05) is 24.7 Å². The molecule has 0 saturated carbocycles. The Kier molecular flexibility index (Phi) is 9.11. The molecule has 0 aliphatic carbocycles. The molecule has 0 fully saturated rings. The summed E-state index contributed by atoms with van der Waals surface area (Å²) < 4.78 is 5.62. The molecule has 2 aromatic carbocycles. The fourth-order valence-corrected chi connectivity index (χ4v) is 2.85. The van der Waals surface area contributed by atoms with Gasteiger partial charge in [-0.3, -0.25) is 14.9 Å². The first-order valence-corrected chi connectivity index (χ1v) is 9.85. The van der Waals surface area contributed by atoms with Crippen molar-refractivity contribution in [2.45, 2.75) is 25.7 Å². The van der Waals surface area contributed by atoms with Crippen molar-refractivity contribution in [2.75, 3.05) is 33.8 Å². The number of likely N-dealkylation sites (N-methyl/N-ethyl adjacent to an activating group) is 1. The molecule has 0 aliphatic heterocycles. The van der Waals surface area contributed by atoms with E-state index in [1.54, 1.807) is 6.07 Å². The molecule has 2 rings (SSSR count). The maximum atomic E-state index is 12.2. The number of nitrogens with one attached hydrogen (secondary N) is 1. The Morgan fingerprint density at radius 3 is 2.55 bits per heavy atom. The molecule has 29 heavy (non-hydrogen) atoms. The van der Waals surface area contributed by atoms with E-state index in [2.05, 4.69) is 17.4 Å². The molecule has 1 N–H and O–H groups in total. The van der Waals surface area contributed by atoms with Crippen molar-refractivity contribution in [1.82, 2.24) is 10.2 Å². The summed E-state index contributed by atoms with van der Waals surface area (Å²) in [4.78, 5) is 25.0. The fraction of sp³-hybridized carbons (Fsp3) is 0.409. The first kappa shape index (κ1) is 22.4. The smallest absolute Gasteiger partial charge is 0.311 e. The van der Waals surface area contributed by atoms with Crippen LogP contribution in [-0.2, 0) is 6.42 Å². The van der Waals surface area contributed by atoms with Crippen LogP contribution in [0, 0.1) is 10.1 Å². The van der Waals surface area contributed by atoms with E-state index in [1.807, 2.05) is 37.2 Å². The summed E-state index contributed by atoms with van der Waals surface area (Å²) in [5.41, 5.74) is 1.38. The molecule has 2 aromatic rings. The van der Waals surface area contributed by atoms with Crippen LogP contribution in [0.2, 0.25) is 0 Å². The minimum atomic E-state index is -0.513. The molecule has 7 nitrogen and oxygen atoms in total. The van der Waals surface area contributed by atoms with E-state index in [9.17, 15) is 14.9 Å². The summed E-state index contributed by atoms with van der Waals surface area (Å²) in [7, 11) is 3.82. The van der Waals surface area contributed by atoms with Crippen molar-refractivity contribution in [2.24, 2.45) is 0 Å². The third-order valence-electron chi connectivity index (χ3n) is 4.47. The van der Waals surface area contributed by atoms with Crippen molar-refractivity contribution in [3.8, 4) is 5.75 Å². The summed E-state index contributed by atoms with van der Waals surface area (Å²) in [6.07, 6.45) is 3.85. The number of rotatable bonds is 12. The van der Waals surface area contributed by atoms with Crippen LogP contribution in [-0.4, -0.2) is 49.5 Å². The van der Waals surface area contributed by atoms with Crippen LogP contribution in [0.4, 0.5) is 5.69 Å². The van der Waals surface area contributed by atoms with Crippen LogP contribution < -0.4 is 10.1 Å². The molecule has 1 amide bonds. The number of carbonyl (C=O) groups is 1. The van der Waals surface area contributed by atoms with Crippen LogP contribution >= 0.6 is 0 Å². The Balaban J connectivity index is 1.81. The van der Waals surface area contributed by atoms with E-state index >= 15 is 0 Å². The number of carbonyl (C=O) groups excluding carboxylic acids is 1. The Morgan fingerprint density at radius 2 is 1.86 bits per heavy atom. The third-order valence-corrected chi connectivity index (χ3v) is 4.47. The topological polar surface area (TPSA) is 84.7 Å². The second-order valence-electron chi connectivity index (χ2n) is 7.14. The van der Waals surface area contributed by atoms with Gasteiger partial charge in [-0.2, -0.15) is 0 Å². The molecule has 0 spiro atoms. The zero-order valence-corrected chi connectivity index (χ0v) is 17.1. The van der Waals surface area contributed by atoms with E-state index in [4.69, 9.17) is 4.74 Å². The number of hydrogen-bond acceptors (Lipinski definition) is 5. The molecule has 156 valence electrons. The van der Waals surface area contributed by atoms with Crippen LogP contribution in [0.1, 0.15) is 35.2 Å². The molecule has 0 unspecified atom stereocenters. The largest absolute Gasteiger partial charge is 0.487 e. The Morgan fingerprint density at radius 1 is 1.10 bits per heavy atom. The van der Waals surface area contributed by atoms with Crippen molar-refractivity contribution >= 4 is 11.6 Å². The van der Waals surface area contributed by atoms with Gasteiger partial charge in [-0.15, -0.1) is 0 Å². The summed E-state index contributed by atoms with van der Waals surface area (Å²) in [6.45, 7) is 1.57. The van der Waals surface area contributed by atoms with Gasteiger partial charge in [0.15, 0.2) is 5.75 Å². The number of nitro groups is 1. The predicted octanol–water partition coefficient (Wildman–Crippen LogP) is 3.68. The average molecular weight is 399 g/mol. The lowest BCUT2D eigenvalue weighted by atomic mass is 10.1. The number of aryl methyl sites for hydroxylation is 1. The Labute approximate surface area is 171 Å². The number of amides is 1.